The fourth-order valence-electron chi connectivity index (χ4n) is 2.79. The van der Waals surface area contributed by atoms with Crippen LogP contribution >= 0.6 is 11.6 Å². The van der Waals surface area contributed by atoms with Gasteiger partial charge in [-0.15, -0.1) is 0 Å². The standard InChI is InChI=1S/C17H18ClN3O4S/c18-12-3-5-15(6-4-12)26(23,24)21-9-1-2-14(11-21)25-13-7-8-20-16(10-13)17(19)22/h3-8,10,14H,1-2,9,11H2,(H2,19,22). The van der Waals surface area contributed by atoms with Gasteiger partial charge in [0.05, 0.1) is 11.4 Å². The molecule has 1 atom stereocenters. The molecule has 1 amide bonds. The Morgan fingerprint density at radius 1 is 1.27 bits per heavy atom. The monoisotopic (exact) mass is 395 g/mol. The van der Waals surface area contributed by atoms with Crippen LogP contribution in [0.2, 0.25) is 5.02 Å². The molecule has 9 heteroatoms. The van der Waals surface area contributed by atoms with E-state index in [1.165, 1.54) is 28.7 Å². The lowest BCUT2D eigenvalue weighted by Gasteiger charge is -2.32. The Morgan fingerprint density at radius 3 is 2.69 bits per heavy atom. The molecule has 0 aliphatic carbocycles. The Balaban J connectivity index is 1.74. The summed E-state index contributed by atoms with van der Waals surface area (Å²) < 4.78 is 32.8. The first-order valence-electron chi connectivity index (χ1n) is 8.04. The Kier molecular flexibility index (Phi) is 5.45. The average molecular weight is 396 g/mol. The number of carbonyl (C=O) groups is 1. The number of amides is 1. The van der Waals surface area contributed by atoms with Crippen molar-refractivity contribution < 1.29 is 17.9 Å². The minimum atomic E-state index is -3.62. The highest BCUT2D eigenvalue weighted by atomic mass is 35.5. The van der Waals surface area contributed by atoms with Crippen molar-refractivity contribution >= 4 is 27.5 Å². The fourth-order valence-corrected chi connectivity index (χ4v) is 4.42. The molecule has 1 unspecified atom stereocenters. The molecule has 0 saturated carbocycles. The minimum Gasteiger partial charge on any atom is -0.489 e. The third-order valence-electron chi connectivity index (χ3n) is 4.08. The van der Waals surface area contributed by atoms with Crippen LogP contribution in [0.1, 0.15) is 23.3 Å². The van der Waals surface area contributed by atoms with Gasteiger partial charge in [-0.1, -0.05) is 11.6 Å². The lowest BCUT2D eigenvalue weighted by molar-refractivity contribution is 0.0993. The summed E-state index contributed by atoms with van der Waals surface area (Å²) in [6.07, 6.45) is 2.49. The number of hydrogen-bond acceptors (Lipinski definition) is 5. The predicted octanol–water partition coefficient (Wildman–Crippen LogP) is 2.07. The van der Waals surface area contributed by atoms with Gasteiger partial charge in [-0.05, 0) is 43.2 Å². The Bertz CT molecular complexity index is 902. The van der Waals surface area contributed by atoms with Crippen LogP contribution in [0, 0.1) is 0 Å². The molecule has 2 aromatic rings. The number of sulfonamides is 1. The van der Waals surface area contributed by atoms with E-state index in [0.29, 0.717) is 30.2 Å². The number of piperidine rings is 1. The highest BCUT2D eigenvalue weighted by Crippen LogP contribution is 2.24. The molecule has 1 saturated heterocycles. The average Bonchev–Trinajstić information content (AvgIpc) is 2.62. The van der Waals surface area contributed by atoms with Gasteiger partial charge in [0.25, 0.3) is 5.91 Å². The lowest BCUT2D eigenvalue weighted by Crippen LogP contribution is -2.44. The first-order valence-corrected chi connectivity index (χ1v) is 9.86. The van der Waals surface area contributed by atoms with Crippen LogP contribution in [0.5, 0.6) is 5.75 Å². The molecule has 2 heterocycles. The van der Waals surface area contributed by atoms with E-state index in [-0.39, 0.29) is 23.2 Å². The molecule has 0 spiro atoms. The second kappa shape index (κ2) is 7.61. The van der Waals surface area contributed by atoms with Crippen molar-refractivity contribution in [3.63, 3.8) is 0 Å². The summed E-state index contributed by atoms with van der Waals surface area (Å²) in [6, 6.07) is 9.14. The van der Waals surface area contributed by atoms with Gasteiger partial charge in [0.15, 0.2) is 0 Å². The van der Waals surface area contributed by atoms with Gasteiger partial charge in [0, 0.05) is 23.8 Å². The number of primary amides is 1. The normalized spacial score (nSPS) is 18.4. The molecule has 0 radical (unpaired) electrons. The Hall–Kier alpha value is -2.16. The summed E-state index contributed by atoms with van der Waals surface area (Å²) in [5.74, 6) is -0.212. The Labute approximate surface area is 156 Å². The number of carbonyl (C=O) groups excluding carboxylic acids is 1. The minimum absolute atomic E-state index is 0.101. The number of halogens is 1. The maximum absolute atomic E-state index is 12.8. The van der Waals surface area contributed by atoms with Crippen molar-refractivity contribution in [1.29, 1.82) is 0 Å². The predicted molar refractivity (Wildman–Crippen MR) is 96.6 cm³/mol. The van der Waals surface area contributed by atoms with E-state index >= 15 is 0 Å². The first-order chi connectivity index (χ1) is 12.4. The highest BCUT2D eigenvalue weighted by Gasteiger charge is 2.31. The zero-order valence-corrected chi connectivity index (χ0v) is 15.4. The number of pyridine rings is 1. The number of benzene rings is 1. The number of nitrogens with zero attached hydrogens (tertiary/aromatic N) is 2. The van der Waals surface area contributed by atoms with Gasteiger partial charge in [-0.3, -0.25) is 9.78 Å². The number of rotatable bonds is 5. The van der Waals surface area contributed by atoms with Crippen LogP contribution in [-0.2, 0) is 10.0 Å². The third-order valence-corrected chi connectivity index (χ3v) is 6.21. The molecule has 1 aromatic heterocycles. The fraction of sp³-hybridized carbons (Fsp3) is 0.294. The van der Waals surface area contributed by atoms with Crippen LogP contribution in [-0.4, -0.2) is 42.8 Å². The van der Waals surface area contributed by atoms with Crippen LogP contribution in [0.4, 0.5) is 0 Å². The van der Waals surface area contributed by atoms with Crippen LogP contribution in [0.3, 0.4) is 0 Å². The van der Waals surface area contributed by atoms with Gasteiger partial charge in [-0.25, -0.2) is 8.42 Å². The van der Waals surface area contributed by atoms with Crippen molar-refractivity contribution in [3.05, 3.63) is 53.3 Å². The molecule has 1 aliphatic rings. The molecule has 138 valence electrons. The number of nitrogens with two attached hydrogens (primary N) is 1. The van der Waals surface area contributed by atoms with Gasteiger partial charge in [-0.2, -0.15) is 4.31 Å². The molecular formula is C17H18ClN3O4S. The molecule has 1 aromatic carbocycles. The van der Waals surface area contributed by atoms with E-state index in [9.17, 15) is 13.2 Å². The van der Waals surface area contributed by atoms with Crippen LogP contribution in [0.25, 0.3) is 0 Å². The van der Waals surface area contributed by atoms with Crippen molar-refractivity contribution in [3.8, 4) is 5.75 Å². The quantitative estimate of drug-likeness (QED) is 0.834. The molecule has 1 fully saturated rings. The zero-order chi connectivity index (χ0) is 18.7. The van der Waals surface area contributed by atoms with Gasteiger partial charge < -0.3 is 10.5 Å². The number of aromatic nitrogens is 1. The number of ether oxygens (including phenoxy) is 1. The van der Waals surface area contributed by atoms with E-state index in [4.69, 9.17) is 22.1 Å². The molecule has 7 nitrogen and oxygen atoms in total. The van der Waals surface area contributed by atoms with Gasteiger partial charge in [0.2, 0.25) is 10.0 Å². The summed E-state index contributed by atoms with van der Waals surface area (Å²) in [5.41, 5.74) is 5.32. The van der Waals surface area contributed by atoms with E-state index in [1.807, 2.05) is 0 Å². The summed E-state index contributed by atoms with van der Waals surface area (Å²) in [6.45, 7) is 0.646. The first kappa shape index (κ1) is 18.6. The van der Waals surface area contributed by atoms with Crippen molar-refractivity contribution in [1.82, 2.24) is 9.29 Å². The van der Waals surface area contributed by atoms with Crippen LogP contribution < -0.4 is 10.5 Å². The second-order valence-corrected chi connectivity index (χ2v) is 8.31. The Morgan fingerprint density at radius 2 is 2.00 bits per heavy atom. The molecule has 2 N–H and O–H groups in total. The van der Waals surface area contributed by atoms with Gasteiger partial charge >= 0.3 is 0 Å². The summed E-state index contributed by atoms with van der Waals surface area (Å²) in [4.78, 5) is 15.3. The summed E-state index contributed by atoms with van der Waals surface area (Å²) >= 11 is 5.83. The molecule has 3 rings (SSSR count). The van der Waals surface area contributed by atoms with Gasteiger partial charge in [0.1, 0.15) is 17.5 Å². The van der Waals surface area contributed by atoms with Crippen LogP contribution in [0.15, 0.2) is 47.5 Å². The lowest BCUT2D eigenvalue weighted by atomic mass is 10.1. The number of hydrogen-bond donors (Lipinski definition) is 1. The highest BCUT2D eigenvalue weighted by molar-refractivity contribution is 7.89. The molecular weight excluding hydrogens is 378 g/mol. The van der Waals surface area contributed by atoms with E-state index in [1.54, 1.807) is 18.2 Å². The zero-order valence-electron chi connectivity index (χ0n) is 13.8. The van der Waals surface area contributed by atoms with E-state index in [0.717, 1.165) is 0 Å². The SMILES string of the molecule is NC(=O)c1cc(OC2CCCN(S(=O)(=O)c3ccc(Cl)cc3)C2)ccn1. The second-order valence-electron chi connectivity index (χ2n) is 5.94. The maximum atomic E-state index is 12.8. The van der Waals surface area contributed by atoms with E-state index in [2.05, 4.69) is 4.98 Å². The summed E-state index contributed by atoms with van der Waals surface area (Å²) in [7, 11) is -3.62. The topological polar surface area (TPSA) is 103 Å². The summed E-state index contributed by atoms with van der Waals surface area (Å²) in [5, 5.41) is 0.478. The molecule has 0 bridgehead atoms. The third kappa shape index (κ3) is 4.14. The van der Waals surface area contributed by atoms with Crippen molar-refractivity contribution in [2.45, 2.75) is 23.8 Å². The smallest absolute Gasteiger partial charge is 0.267 e. The maximum Gasteiger partial charge on any atom is 0.267 e. The largest absolute Gasteiger partial charge is 0.489 e. The van der Waals surface area contributed by atoms with Crippen molar-refractivity contribution in [2.75, 3.05) is 13.1 Å². The van der Waals surface area contributed by atoms with E-state index < -0.39 is 15.9 Å². The molecule has 26 heavy (non-hydrogen) atoms. The molecule has 1 aliphatic heterocycles. The van der Waals surface area contributed by atoms with Crippen molar-refractivity contribution in [2.24, 2.45) is 5.73 Å².